The minimum atomic E-state index is -0.418. The zero-order chi connectivity index (χ0) is 12.7. The Balaban J connectivity index is 0.00000289. The van der Waals surface area contributed by atoms with Crippen molar-refractivity contribution in [1.29, 1.82) is 0 Å². The summed E-state index contributed by atoms with van der Waals surface area (Å²) in [6, 6.07) is -0.274. The Hall–Kier alpha value is -0.850. The summed E-state index contributed by atoms with van der Waals surface area (Å²) in [5, 5.41) is 4.90. The van der Waals surface area contributed by atoms with Gasteiger partial charge in [-0.15, -0.1) is 12.4 Å². The van der Waals surface area contributed by atoms with E-state index in [0.717, 1.165) is 32.4 Å². The number of amides is 3. The predicted molar refractivity (Wildman–Crippen MR) is 72.7 cm³/mol. The minimum Gasteiger partial charge on any atom is -0.338 e. The molecule has 0 aromatic carbocycles. The molecule has 0 radical (unpaired) electrons. The number of carbonyl (C=O) groups excluding carboxylic acids is 2. The van der Waals surface area contributed by atoms with Crippen LogP contribution in [-0.2, 0) is 4.79 Å². The summed E-state index contributed by atoms with van der Waals surface area (Å²) in [5.74, 6) is -0.271. The molecule has 1 saturated heterocycles. The van der Waals surface area contributed by atoms with Crippen LogP contribution in [0.25, 0.3) is 0 Å². The summed E-state index contributed by atoms with van der Waals surface area (Å²) < 4.78 is 0. The third kappa shape index (κ3) is 6.78. The smallest absolute Gasteiger partial charge is 0.321 e. The fourth-order valence-corrected chi connectivity index (χ4v) is 1.89. The summed E-state index contributed by atoms with van der Waals surface area (Å²) in [6.45, 7) is 4.37. The molecule has 1 aliphatic heterocycles. The number of rotatable bonds is 4. The third-order valence-electron chi connectivity index (χ3n) is 2.70. The number of imide groups is 1. The normalized spacial score (nSPS) is 19.8. The van der Waals surface area contributed by atoms with Gasteiger partial charge < -0.3 is 11.1 Å². The number of nitrogens with one attached hydrogen (secondary N) is 2. The highest BCUT2D eigenvalue weighted by atomic mass is 35.5. The van der Waals surface area contributed by atoms with Crippen LogP contribution in [0.15, 0.2) is 0 Å². The van der Waals surface area contributed by atoms with Crippen molar-refractivity contribution < 1.29 is 9.59 Å². The number of carbonyl (C=O) groups is 2. The van der Waals surface area contributed by atoms with Crippen molar-refractivity contribution in [2.24, 2.45) is 5.73 Å². The maximum atomic E-state index is 11.5. The number of nitrogens with two attached hydrogens (primary N) is 1. The van der Waals surface area contributed by atoms with Gasteiger partial charge in [-0.2, -0.15) is 0 Å². The Morgan fingerprint density at radius 1 is 1.44 bits per heavy atom. The van der Waals surface area contributed by atoms with E-state index in [-0.39, 0.29) is 30.9 Å². The number of nitrogens with zero attached hydrogens (tertiary/aromatic N) is 1. The lowest BCUT2D eigenvalue weighted by Crippen LogP contribution is -2.49. The summed E-state index contributed by atoms with van der Waals surface area (Å²) >= 11 is 0. The van der Waals surface area contributed by atoms with E-state index >= 15 is 0 Å². The molecular weight excluding hydrogens is 256 g/mol. The maximum Gasteiger partial charge on any atom is 0.321 e. The molecule has 1 fully saturated rings. The van der Waals surface area contributed by atoms with Crippen molar-refractivity contribution in [2.45, 2.75) is 32.2 Å². The van der Waals surface area contributed by atoms with Gasteiger partial charge >= 0.3 is 6.03 Å². The van der Waals surface area contributed by atoms with Crippen molar-refractivity contribution in [3.63, 3.8) is 0 Å². The highest BCUT2D eigenvalue weighted by molar-refractivity contribution is 5.95. The largest absolute Gasteiger partial charge is 0.338 e. The van der Waals surface area contributed by atoms with Gasteiger partial charge in [0.05, 0.1) is 6.54 Å². The van der Waals surface area contributed by atoms with Gasteiger partial charge in [0.1, 0.15) is 0 Å². The molecule has 0 aromatic rings. The van der Waals surface area contributed by atoms with E-state index in [1.165, 1.54) is 0 Å². The lowest BCUT2D eigenvalue weighted by Gasteiger charge is -2.29. The molecule has 0 aromatic heterocycles. The topological polar surface area (TPSA) is 87.5 Å². The van der Waals surface area contributed by atoms with Crippen molar-refractivity contribution in [3.05, 3.63) is 0 Å². The van der Waals surface area contributed by atoms with Gasteiger partial charge in [-0.25, -0.2) is 4.79 Å². The highest BCUT2D eigenvalue weighted by Gasteiger charge is 2.19. The van der Waals surface area contributed by atoms with Crippen LogP contribution in [-0.4, -0.2) is 49.1 Å². The fraction of sp³-hybridized carbons (Fsp3) is 0.818. The molecule has 1 unspecified atom stereocenters. The molecule has 1 atom stereocenters. The van der Waals surface area contributed by atoms with Crippen LogP contribution < -0.4 is 16.4 Å². The first-order valence-electron chi connectivity index (χ1n) is 6.17. The number of halogens is 1. The van der Waals surface area contributed by atoms with Gasteiger partial charge in [0.2, 0.25) is 5.91 Å². The fourth-order valence-electron chi connectivity index (χ4n) is 1.89. The molecule has 4 N–H and O–H groups in total. The second-order valence-electron chi connectivity index (χ2n) is 4.44. The van der Waals surface area contributed by atoms with Crippen LogP contribution in [0, 0.1) is 0 Å². The van der Waals surface area contributed by atoms with E-state index in [0.29, 0.717) is 6.54 Å². The van der Waals surface area contributed by atoms with Gasteiger partial charge in [0.25, 0.3) is 0 Å². The van der Waals surface area contributed by atoms with Gasteiger partial charge in [-0.05, 0) is 25.8 Å². The Labute approximate surface area is 114 Å². The lowest BCUT2D eigenvalue weighted by molar-refractivity contribution is -0.121. The average molecular weight is 279 g/mol. The molecular formula is C11H23ClN4O2. The van der Waals surface area contributed by atoms with Crippen LogP contribution in [0.1, 0.15) is 26.2 Å². The van der Waals surface area contributed by atoms with E-state index in [1.54, 1.807) is 0 Å². The number of hydrogen-bond donors (Lipinski definition) is 3. The molecule has 18 heavy (non-hydrogen) atoms. The molecule has 0 spiro atoms. The van der Waals surface area contributed by atoms with Gasteiger partial charge in [-0.3, -0.25) is 15.0 Å². The van der Waals surface area contributed by atoms with E-state index in [1.807, 2.05) is 11.8 Å². The second kappa shape index (κ2) is 9.13. The molecule has 0 saturated carbocycles. The molecule has 106 valence electrons. The molecule has 3 amide bonds. The Morgan fingerprint density at radius 3 is 2.78 bits per heavy atom. The lowest BCUT2D eigenvalue weighted by atomic mass is 10.1. The van der Waals surface area contributed by atoms with E-state index < -0.39 is 6.03 Å². The summed E-state index contributed by atoms with van der Waals surface area (Å²) in [7, 11) is 0. The van der Waals surface area contributed by atoms with Crippen LogP contribution >= 0.6 is 12.4 Å². The first kappa shape index (κ1) is 17.2. The predicted octanol–water partition coefficient (Wildman–Crippen LogP) is 0.0671. The van der Waals surface area contributed by atoms with Gasteiger partial charge in [0.15, 0.2) is 0 Å². The Kier molecular flexibility index (Phi) is 8.70. The molecule has 1 aliphatic rings. The van der Waals surface area contributed by atoms with Gasteiger partial charge in [-0.1, -0.05) is 6.92 Å². The number of hydrogen-bond acceptors (Lipinski definition) is 4. The SMILES string of the molecule is CCCNC(=O)NC(=O)CN1CCCC(N)C1.Cl. The quantitative estimate of drug-likeness (QED) is 0.679. The first-order chi connectivity index (χ1) is 8.11. The average Bonchev–Trinajstić information content (AvgIpc) is 2.26. The molecule has 6 nitrogen and oxygen atoms in total. The monoisotopic (exact) mass is 278 g/mol. The molecule has 7 heteroatoms. The number of likely N-dealkylation sites (tertiary alicyclic amines) is 1. The van der Waals surface area contributed by atoms with Crippen LogP contribution in [0.3, 0.4) is 0 Å². The number of piperidine rings is 1. The second-order valence-corrected chi connectivity index (χ2v) is 4.44. The minimum absolute atomic E-state index is 0. The van der Waals surface area contributed by atoms with Crippen molar-refractivity contribution in [3.8, 4) is 0 Å². The van der Waals surface area contributed by atoms with Crippen molar-refractivity contribution in [1.82, 2.24) is 15.5 Å². The van der Waals surface area contributed by atoms with Crippen molar-refractivity contribution >= 4 is 24.3 Å². The van der Waals surface area contributed by atoms with Crippen LogP contribution in [0.5, 0.6) is 0 Å². The molecule has 1 rings (SSSR count). The Bertz CT molecular complexity index is 276. The van der Waals surface area contributed by atoms with E-state index in [4.69, 9.17) is 5.73 Å². The molecule has 0 bridgehead atoms. The summed E-state index contributed by atoms with van der Waals surface area (Å²) in [4.78, 5) is 24.8. The molecule has 0 aliphatic carbocycles. The van der Waals surface area contributed by atoms with Crippen LogP contribution in [0.2, 0.25) is 0 Å². The van der Waals surface area contributed by atoms with E-state index in [9.17, 15) is 9.59 Å². The number of urea groups is 1. The third-order valence-corrected chi connectivity index (χ3v) is 2.70. The summed E-state index contributed by atoms with van der Waals surface area (Å²) in [6.07, 6.45) is 2.87. The van der Waals surface area contributed by atoms with E-state index in [2.05, 4.69) is 10.6 Å². The summed E-state index contributed by atoms with van der Waals surface area (Å²) in [5.41, 5.74) is 5.82. The van der Waals surface area contributed by atoms with Gasteiger partial charge in [0, 0.05) is 19.1 Å². The zero-order valence-electron chi connectivity index (χ0n) is 10.8. The highest BCUT2D eigenvalue weighted by Crippen LogP contribution is 2.07. The first-order valence-corrected chi connectivity index (χ1v) is 6.17. The zero-order valence-corrected chi connectivity index (χ0v) is 11.6. The standard InChI is InChI=1S/C11H22N4O2.ClH/c1-2-5-13-11(17)14-10(16)8-15-6-3-4-9(12)7-15;/h9H,2-8,12H2,1H3,(H2,13,14,16,17);1H. The van der Waals surface area contributed by atoms with Crippen LogP contribution in [0.4, 0.5) is 4.79 Å². The van der Waals surface area contributed by atoms with Crippen molar-refractivity contribution in [2.75, 3.05) is 26.2 Å². The maximum absolute atomic E-state index is 11.5. The molecule has 1 heterocycles. The Morgan fingerprint density at radius 2 is 2.17 bits per heavy atom.